The van der Waals surface area contributed by atoms with Crippen LogP contribution in [0.2, 0.25) is 0 Å². The SMILES string of the molecule is CC=CC(=O)CN.F.F.F. The van der Waals surface area contributed by atoms with Gasteiger partial charge in [0.2, 0.25) is 0 Å². The third-order valence-corrected chi connectivity index (χ3v) is 0.554. The van der Waals surface area contributed by atoms with Gasteiger partial charge >= 0.3 is 0 Å². The van der Waals surface area contributed by atoms with E-state index in [4.69, 9.17) is 5.73 Å². The first-order chi connectivity index (χ1) is 3.31. The third-order valence-electron chi connectivity index (χ3n) is 0.554. The minimum absolute atomic E-state index is 0. The molecule has 0 aliphatic heterocycles. The highest BCUT2D eigenvalue weighted by Gasteiger charge is 1.84. The summed E-state index contributed by atoms with van der Waals surface area (Å²) in [6.45, 7) is 1.90. The van der Waals surface area contributed by atoms with Crippen LogP contribution in [0.15, 0.2) is 12.2 Å². The Bertz CT molecular complexity index is 94.9. The number of ketones is 1. The second kappa shape index (κ2) is 15.7. The summed E-state index contributed by atoms with van der Waals surface area (Å²) in [6, 6.07) is 0. The molecule has 2 N–H and O–H groups in total. The molecule has 10 heavy (non-hydrogen) atoms. The van der Waals surface area contributed by atoms with Gasteiger partial charge in [-0.1, -0.05) is 6.08 Å². The second-order valence-corrected chi connectivity index (χ2v) is 1.17. The summed E-state index contributed by atoms with van der Waals surface area (Å²) in [5.74, 6) is -0.0255. The van der Waals surface area contributed by atoms with E-state index in [1.165, 1.54) is 6.08 Å². The van der Waals surface area contributed by atoms with Crippen molar-refractivity contribution in [1.82, 2.24) is 0 Å². The molecular formula is C5H12F3NO. The number of nitrogens with two attached hydrogens (primary N) is 1. The zero-order valence-electron chi connectivity index (χ0n) is 5.57. The molecule has 0 aromatic heterocycles. The van der Waals surface area contributed by atoms with Gasteiger partial charge in [-0.05, 0) is 13.0 Å². The molecule has 0 bridgehead atoms. The standard InChI is InChI=1S/C5H9NO.3FH/c1-2-3-5(7)4-6;;;/h2-3H,4,6H2,1H3;3*1H. The molecule has 64 valence electrons. The number of halogens is 3. The van der Waals surface area contributed by atoms with Crippen molar-refractivity contribution < 1.29 is 18.9 Å². The van der Waals surface area contributed by atoms with Gasteiger partial charge in [-0.2, -0.15) is 0 Å². The van der Waals surface area contributed by atoms with Crippen LogP contribution < -0.4 is 5.73 Å². The van der Waals surface area contributed by atoms with Crippen molar-refractivity contribution in [3.63, 3.8) is 0 Å². The van der Waals surface area contributed by atoms with Crippen LogP contribution in [0.5, 0.6) is 0 Å². The third kappa shape index (κ3) is 15.7. The van der Waals surface area contributed by atoms with Crippen LogP contribution in [0.3, 0.4) is 0 Å². The summed E-state index contributed by atoms with van der Waals surface area (Å²) in [4.78, 5) is 10.2. The molecule has 5 heteroatoms. The lowest BCUT2D eigenvalue weighted by Gasteiger charge is -1.79. The highest BCUT2D eigenvalue weighted by molar-refractivity contribution is 5.91. The van der Waals surface area contributed by atoms with E-state index in [0.29, 0.717) is 0 Å². The van der Waals surface area contributed by atoms with Gasteiger partial charge in [0.25, 0.3) is 0 Å². The first kappa shape index (κ1) is 22.9. The molecule has 0 aromatic rings. The maximum atomic E-state index is 10.2. The summed E-state index contributed by atoms with van der Waals surface area (Å²) in [7, 11) is 0. The Kier molecular flexibility index (Phi) is 36.0. The van der Waals surface area contributed by atoms with Crippen LogP contribution in [-0.4, -0.2) is 12.3 Å². The van der Waals surface area contributed by atoms with E-state index in [-0.39, 0.29) is 26.4 Å². The molecule has 0 atom stereocenters. The number of hydrogen-bond donors (Lipinski definition) is 1. The molecule has 0 saturated heterocycles. The minimum atomic E-state index is -0.0255. The molecule has 0 aliphatic carbocycles. The Morgan fingerprint density at radius 3 is 1.90 bits per heavy atom. The summed E-state index contributed by atoms with van der Waals surface area (Å²) in [6.07, 6.45) is 3.13. The first-order valence-corrected chi connectivity index (χ1v) is 2.17. The topological polar surface area (TPSA) is 43.1 Å². The quantitative estimate of drug-likeness (QED) is 0.598. The average Bonchev–Trinajstić information content (AvgIpc) is 1.68. The normalized spacial score (nSPS) is 7.00. The molecular weight excluding hydrogens is 147 g/mol. The maximum absolute atomic E-state index is 10.2. The molecule has 0 fully saturated rings. The molecule has 0 unspecified atom stereocenters. The van der Waals surface area contributed by atoms with E-state index in [1.807, 2.05) is 0 Å². The predicted molar refractivity (Wildman–Crippen MR) is 36.4 cm³/mol. The largest absolute Gasteiger partial charge is 0.324 e. The molecule has 0 heterocycles. The molecule has 0 spiro atoms. The van der Waals surface area contributed by atoms with Crippen LogP contribution in [0.25, 0.3) is 0 Å². The lowest BCUT2D eigenvalue weighted by atomic mass is 10.4. The van der Waals surface area contributed by atoms with E-state index in [1.54, 1.807) is 13.0 Å². The molecule has 0 aliphatic rings. The van der Waals surface area contributed by atoms with Crippen LogP contribution in [0.4, 0.5) is 14.1 Å². The lowest BCUT2D eigenvalue weighted by Crippen LogP contribution is -2.09. The van der Waals surface area contributed by atoms with Crippen LogP contribution in [0.1, 0.15) is 6.92 Å². The number of carbonyl (C=O) groups excluding carboxylic acids is 1. The average molecular weight is 159 g/mol. The first-order valence-electron chi connectivity index (χ1n) is 2.17. The Balaban J connectivity index is -0.0000000600. The number of hydrogen-bond acceptors (Lipinski definition) is 2. The molecule has 2 nitrogen and oxygen atoms in total. The van der Waals surface area contributed by atoms with Gasteiger partial charge in [0.15, 0.2) is 5.78 Å². The van der Waals surface area contributed by atoms with Crippen molar-refractivity contribution in [3.05, 3.63) is 12.2 Å². The fraction of sp³-hybridized carbons (Fsp3) is 0.400. The van der Waals surface area contributed by atoms with Crippen molar-refractivity contribution in [3.8, 4) is 0 Å². The second-order valence-electron chi connectivity index (χ2n) is 1.17. The van der Waals surface area contributed by atoms with E-state index in [0.717, 1.165) is 0 Å². The number of allylic oxidation sites excluding steroid dienone is 1. The van der Waals surface area contributed by atoms with E-state index in [2.05, 4.69) is 0 Å². The monoisotopic (exact) mass is 159 g/mol. The van der Waals surface area contributed by atoms with Gasteiger partial charge in [0.1, 0.15) is 0 Å². The predicted octanol–water partition coefficient (Wildman–Crippen LogP) is 0.548. The van der Waals surface area contributed by atoms with Gasteiger partial charge < -0.3 is 5.73 Å². The zero-order valence-corrected chi connectivity index (χ0v) is 5.57. The molecule has 0 rings (SSSR count). The minimum Gasteiger partial charge on any atom is -0.324 e. The summed E-state index contributed by atoms with van der Waals surface area (Å²) >= 11 is 0. The van der Waals surface area contributed by atoms with Crippen molar-refractivity contribution >= 4 is 5.78 Å². The van der Waals surface area contributed by atoms with Crippen LogP contribution in [0, 0.1) is 0 Å². The Morgan fingerprint density at radius 2 is 1.80 bits per heavy atom. The van der Waals surface area contributed by atoms with Crippen molar-refractivity contribution in [2.24, 2.45) is 5.73 Å². The summed E-state index contributed by atoms with van der Waals surface area (Å²) in [5.41, 5.74) is 4.96. The Morgan fingerprint density at radius 1 is 1.40 bits per heavy atom. The van der Waals surface area contributed by atoms with E-state index in [9.17, 15) is 4.79 Å². The van der Waals surface area contributed by atoms with Crippen molar-refractivity contribution in [1.29, 1.82) is 0 Å². The summed E-state index contributed by atoms with van der Waals surface area (Å²) < 4.78 is 0. The molecule has 0 amide bonds. The maximum Gasteiger partial charge on any atom is 0.168 e. The zero-order chi connectivity index (χ0) is 5.70. The Labute approximate surface area is 57.2 Å². The lowest BCUT2D eigenvalue weighted by molar-refractivity contribution is -0.113. The molecule has 0 radical (unpaired) electrons. The van der Waals surface area contributed by atoms with Crippen molar-refractivity contribution in [2.45, 2.75) is 6.92 Å². The Hall–Kier alpha value is -0.840. The van der Waals surface area contributed by atoms with Gasteiger partial charge in [-0.25, -0.2) is 0 Å². The molecule has 0 aromatic carbocycles. The summed E-state index contributed by atoms with van der Waals surface area (Å²) in [5, 5.41) is 0. The fourth-order valence-corrected chi connectivity index (χ4v) is 0.254. The fourth-order valence-electron chi connectivity index (χ4n) is 0.254. The smallest absolute Gasteiger partial charge is 0.168 e. The van der Waals surface area contributed by atoms with Gasteiger partial charge in [0, 0.05) is 0 Å². The van der Waals surface area contributed by atoms with Gasteiger partial charge in [0.05, 0.1) is 6.54 Å². The number of carbonyl (C=O) groups is 1. The van der Waals surface area contributed by atoms with Crippen LogP contribution >= 0.6 is 0 Å². The van der Waals surface area contributed by atoms with E-state index < -0.39 is 0 Å². The van der Waals surface area contributed by atoms with E-state index >= 15 is 0 Å². The highest BCUT2D eigenvalue weighted by atomic mass is 19.0. The highest BCUT2D eigenvalue weighted by Crippen LogP contribution is 1.69. The van der Waals surface area contributed by atoms with Crippen LogP contribution in [-0.2, 0) is 4.79 Å². The van der Waals surface area contributed by atoms with Gasteiger partial charge in [-0.15, -0.1) is 0 Å². The molecule has 0 saturated carbocycles. The van der Waals surface area contributed by atoms with Gasteiger partial charge in [-0.3, -0.25) is 18.9 Å². The van der Waals surface area contributed by atoms with Crippen molar-refractivity contribution in [2.75, 3.05) is 6.54 Å². The number of rotatable bonds is 2.